The van der Waals surface area contributed by atoms with Crippen LogP contribution in [0.15, 0.2) is 29.5 Å². The standard InChI is InChI=1S/C15H15F4N3O3.CH4/c1-2-10(20)12(13(21)22)14(24)25-6-11(23)7-3-4-9(16)8(5-7)15(17,18)19;/h3-5H,2,6,20H2,1H3,(H3,21,22);1H4. The van der Waals surface area contributed by atoms with Crippen molar-refractivity contribution in [1.82, 2.24) is 0 Å². The van der Waals surface area contributed by atoms with E-state index in [1.165, 1.54) is 0 Å². The predicted octanol–water partition coefficient (Wildman–Crippen LogP) is 2.77. The second kappa shape index (κ2) is 8.97. The fourth-order valence-electron chi connectivity index (χ4n) is 1.79. The number of hydrogen-bond donors (Lipinski definition) is 3. The van der Waals surface area contributed by atoms with Crippen LogP contribution in [0.5, 0.6) is 0 Å². The van der Waals surface area contributed by atoms with Crippen molar-refractivity contribution in [3.63, 3.8) is 0 Å². The molecule has 0 amide bonds. The molecule has 0 aliphatic rings. The Bertz CT molecular complexity index is 743. The van der Waals surface area contributed by atoms with E-state index in [1.807, 2.05) is 0 Å². The molecule has 0 saturated heterocycles. The molecule has 0 bridgehead atoms. The lowest BCUT2D eigenvalue weighted by Crippen LogP contribution is -2.27. The van der Waals surface area contributed by atoms with Gasteiger partial charge in [0, 0.05) is 11.3 Å². The van der Waals surface area contributed by atoms with Gasteiger partial charge >= 0.3 is 12.1 Å². The molecule has 10 heteroatoms. The number of carbonyl (C=O) groups excluding carboxylic acids is 2. The molecule has 0 unspecified atom stereocenters. The van der Waals surface area contributed by atoms with E-state index in [0.29, 0.717) is 12.1 Å². The van der Waals surface area contributed by atoms with Crippen LogP contribution < -0.4 is 11.5 Å². The van der Waals surface area contributed by atoms with Crippen molar-refractivity contribution < 1.29 is 31.9 Å². The van der Waals surface area contributed by atoms with Gasteiger partial charge in [-0.25, -0.2) is 9.18 Å². The van der Waals surface area contributed by atoms with Crippen LogP contribution in [-0.2, 0) is 15.7 Å². The van der Waals surface area contributed by atoms with Crippen LogP contribution in [0, 0.1) is 11.2 Å². The van der Waals surface area contributed by atoms with Crippen LogP contribution in [-0.4, -0.2) is 24.2 Å². The minimum Gasteiger partial charge on any atom is -0.454 e. The Hall–Kier alpha value is -2.91. The molecule has 0 spiro atoms. The SMILES string of the molecule is C.CCC(N)=C(C(=N)N)C(=O)OCC(=O)c1ccc(F)c(C(F)(F)F)c1. The van der Waals surface area contributed by atoms with Gasteiger partial charge in [-0.1, -0.05) is 14.4 Å². The maximum absolute atomic E-state index is 13.2. The Morgan fingerprint density at radius 2 is 1.81 bits per heavy atom. The Morgan fingerprint density at radius 1 is 1.23 bits per heavy atom. The number of rotatable bonds is 6. The molecule has 1 rings (SSSR count). The number of esters is 1. The summed E-state index contributed by atoms with van der Waals surface area (Å²) in [6.45, 7) is 0.670. The zero-order valence-corrected chi connectivity index (χ0v) is 13.0. The number of allylic oxidation sites excluding steroid dienone is 1. The van der Waals surface area contributed by atoms with Crippen molar-refractivity contribution in [1.29, 1.82) is 5.41 Å². The summed E-state index contributed by atoms with van der Waals surface area (Å²) in [7, 11) is 0. The van der Waals surface area contributed by atoms with Gasteiger partial charge in [0.1, 0.15) is 17.2 Å². The number of Topliss-reactive ketones (excluding diaryl/α,β-unsaturated/α-hetero) is 1. The molecule has 0 aromatic heterocycles. The van der Waals surface area contributed by atoms with Gasteiger partial charge in [-0.2, -0.15) is 13.2 Å². The normalized spacial score (nSPS) is 11.9. The molecule has 6 nitrogen and oxygen atoms in total. The molecule has 0 heterocycles. The topological polar surface area (TPSA) is 119 Å². The molecule has 0 saturated carbocycles. The Labute approximate surface area is 147 Å². The second-order valence-corrected chi connectivity index (χ2v) is 4.86. The van der Waals surface area contributed by atoms with E-state index in [2.05, 4.69) is 4.74 Å². The van der Waals surface area contributed by atoms with Crippen LogP contribution in [0.1, 0.15) is 36.7 Å². The lowest BCUT2D eigenvalue weighted by molar-refractivity contribution is -0.140. The maximum atomic E-state index is 13.2. The van der Waals surface area contributed by atoms with E-state index in [1.54, 1.807) is 6.92 Å². The highest BCUT2D eigenvalue weighted by atomic mass is 19.4. The van der Waals surface area contributed by atoms with Crippen molar-refractivity contribution >= 4 is 17.6 Å². The third kappa shape index (κ3) is 5.57. The summed E-state index contributed by atoms with van der Waals surface area (Å²) in [6, 6.07) is 1.66. The number of carbonyl (C=O) groups is 2. The number of benzene rings is 1. The van der Waals surface area contributed by atoms with Gasteiger partial charge in [0.15, 0.2) is 12.4 Å². The summed E-state index contributed by atoms with van der Waals surface area (Å²) < 4.78 is 55.7. The number of ketones is 1. The van der Waals surface area contributed by atoms with Gasteiger partial charge < -0.3 is 16.2 Å². The average Bonchev–Trinajstić information content (AvgIpc) is 2.51. The minimum absolute atomic E-state index is 0. The lowest BCUT2D eigenvalue weighted by Gasteiger charge is -2.11. The van der Waals surface area contributed by atoms with Gasteiger partial charge in [-0.15, -0.1) is 0 Å². The highest BCUT2D eigenvalue weighted by Crippen LogP contribution is 2.32. The van der Waals surface area contributed by atoms with Crippen LogP contribution in [0.25, 0.3) is 0 Å². The molecule has 0 aliphatic carbocycles. The van der Waals surface area contributed by atoms with Gasteiger partial charge in [0.25, 0.3) is 0 Å². The minimum atomic E-state index is -4.98. The van der Waals surface area contributed by atoms with Gasteiger partial charge in [-0.3, -0.25) is 10.2 Å². The van der Waals surface area contributed by atoms with E-state index >= 15 is 0 Å². The number of amidine groups is 1. The van der Waals surface area contributed by atoms with Crippen molar-refractivity contribution in [2.24, 2.45) is 11.5 Å². The molecular weight excluding hydrogens is 358 g/mol. The van der Waals surface area contributed by atoms with Gasteiger partial charge in [-0.05, 0) is 24.6 Å². The quantitative estimate of drug-likeness (QED) is 0.176. The Kier molecular flexibility index (Phi) is 7.97. The highest BCUT2D eigenvalue weighted by Gasteiger charge is 2.34. The predicted molar refractivity (Wildman–Crippen MR) is 86.8 cm³/mol. The van der Waals surface area contributed by atoms with E-state index < -0.39 is 52.9 Å². The molecule has 0 fully saturated rings. The van der Waals surface area contributed by atoms with E-state index in [-0.39, 0.29) is 19.5 Å². The summed E-state index contributed by atoms with van der Waals surface area (Å²) in [5.74, 6) is -4.34. The zero-order valence-electron chi connectivity index (χ0n) is 13.0. The largest absolute Gasteiger partial charge is 0.454 e. The molecule has 1 aromatic rings. The molecule has 144 valence electrons. The first kappa shape index (κ1) is 23.1. The van der Waals surface area contributed by atoms with Crippen molar-refractivity contribution in [2.75, 3.05) is 6.61 Å². The van der Waals surface area contributed by atoms with Crippen LogP contribution in [0.3, 0.4) is 0 Å². The molecular formula is C16H19F4N3O3. The number of hydrogen-bond acceptors (Lipinski definition) is 5. The van der Waals surface area contributed by atoms with Crippen LogP contribution >= 0.6 is 0 Å². The van der Waals surface area contributed by atoms with E-state index in [4.69, 9.17) is 16.9 Å². The molecule has 26 heavy (non-hydrogen) atoms. The van der Waals surface area contributed by atoms with Gasteiger partial charge in [0.2, 0.25) is 0 Å². The lowest BCUT2D eigenvalue weighted by atomic mass is 10.1. The fourth-order valence-corrected chi connectivity index (χ4v) is 1.79. The fraction of sp³-hybridized carbons (Fsp3) is 0.312. The molecule has 1 aromatic carbocycles. The van der Waals surface area contributed by atoms with Crippen molar-refractivity contribution in [3.05, 3.63) is 46.4 Å². The second-order valence-electron chi connectivity index (χ2n) is 4.86. The number of alkyl halides is 3. The smallest absolute Gasteiger partial charge is 0.419 e. The summed E-state index contributed by atoms with van der Waals surface area (Å²) in [4.78, 5) is 23.7. The maximum Gasteiger partial charge on any atom is 0.419 e. The number of nitrogens with two attached hydrogens (primary N) is 2. The average molecular weight is 377 g/mol. The van der Waals surface area contributed by atoms with Gasteiger partial charge in [0.05, 0.1) is 5.56 Å². The number of nitrogens with one attached hydrogen (secondary N) is 1. The first-order chi connectivity index (χ1) is 11.5. The van der Waals surface area contributed by atoms with Crippen LogP contribution in [0.4, 0.5) is 17.6 Å². The molecule has 0 radical (unpaired) electrons. The first-order valence-corrected chi connectivity index (χ1v) is 6.89. The Morgan fingerprint density at radius 3 is 2.27 bits per heavy atom. The number of ether oxygens (including phenoxy) is 1. The summed E-state index contributed by atoms with van der Waals surface area (Å²) in [5.41, 5.74) is 8.18. The van der Waals surface area contributed by atoms with E-state index in [9.17, 15) is 27.2 Å². The van der Waals surface area contributed by atoms with E-state index in [0.717, 1.165) is 6.07 Å². The number of halogens is 4. The third-order valence-corrected chi connectivity index (χ3v) is 3.10. The molecule has 5 N–H and O–H groups in total. The highest BCUT2D eigenvalue weighted by molar-refractivity contribution is 6.17. The third-order valence-electron chi connectivity index (χ3n) is 3.10. The molecule has 0 atom stereocenters. The monoisotopic (exact) mass is 377 g/mol. The van der Waals surface area contributed by atoms with Crippen molar-refractivity contribution in [2.45, 2.75) is 26.9 Å². The summed E-state index contributed by atoms with van der Waals surface area (Å²) >= 11 is 0. The van der Waals surface area contributed by atoms with Crippen LogP contribution in [0.2, 0.25) is 0 Å². The first-order valence-electron chi connectivity index (χ1n) is 6.89. The van der Waals surface area contributed by atoms with Crippen molar-refractivity contribution in [3.8, 4) is 0 Å². The zero-order chi connectivity index (χ0) is 19.4. The Balaban J connectivity index is 0.00000625. The summed E-state index contributed by atoms with van der Waals surface area (Å²) in [5, 5.41) is 7.27. The summed E-state index contributed by atoms with van der Waals surface area (Å²) in [6.07, 6.45) is -4.79. The molecule has 0 aliphatic heterocycles.